The van der Waals surface area contributed by atoms with Crippen molar-refractivity contribution in [3.8, 4) is 0 Å². The van der Waals surface area contributed by atoms with E-state index in [9.17, 15) is 0 Å². The van der Waals surface area contributed by atoms with E-state index in [1.807, 2.05) is 0 Å². The van der Waals surface area contributed by atoms with Crippen LogP contribution in [0.15, 0.2) is 12.7 Å². The van der Waals surface area contributed by atoms with Crippen LogP contribution in [0.1, 0.15) is 59.3 Å². The van der Waals surface area contributed by atoms with Crippen LogP contribution in [0.25, 0.3) is 0 Å². The summed E-state index contributed by atoms with van der Waals surface area (Å²) in [5, 5.41) is 0. The van der Waals surface area contributed by atoms with Gasteiger partial charge in [-0.15, -0.1) is 0 Å². The summed E-state index contributed by atoms with van der Waals surface area (Å²) in [4.78, 5) is 0. The molecule has 0 bridgehead atoms. The van der Waals surface area contributed by atoms with Crippen LogP contribution in [-0.4, -0.2) is 30.7 Å². The number of quaternary nitrogens is 1. The Morgan fingerprint density at radius 3 is 1.41 bits per heavy atom. The quantitative estimate of drug-likeness (QED) is 0.390. The maximum atomic E-state index is 3.95. The Balaban J connectivity index is 0. The molecule has 1 nitrogen and oxygen atoms in total. The molecule has 0 saturated carbocycles. The molecule has 0 aromatic heterocycles. The summed E-state index contributed by atoms with van der Waals surface area (Å²) in [7, 11) is 0. The molecule has 0 unspecified atom stereocenters. The third kappa shape index (κ3) is 8.68. The maximum absolute atomic E-state index is 3.95. The molecule has 0 N–H and O–H groups in total. The van der Waals surface area contributed by atoms with Crippen molar-refractivity contribution < 1.29 is 16.9 Å². The molecule has 0 spiro atoms. The fraction of sp³-hybridized carbons (Fsp3) is 0.867. The van der Waals surface area contributed by atoms with E-state index in [4.69, 9.17) is 0 Å². The van der Waals surface area contributed by atoms with Crippen LogP contribution >= 0.6 is 0 Å². The van der Waals surface area contributed by atoms with Gasteiger partial charge >= 0.3 is 0 Å². The van der Waals surface area contributed by atoms with E-state index in [0.717, 1.165) is 0 Å². The summed E-state index contributed by atoms with van der Waals surface area (Å²) in [5.41, 5.74) is 0. The first-order valence-electron chi connectivity index (χ1n) is 7.20. The van der Waals surface area contributed by atoms with Crippen LogP contribution in [0.2, 0.25) is 0 Å². The average Bonchev–Trinajstić information content (AvgIpc) is 2.31. The molecule has 0 aliphatic heterocycles. The van der Waals surface area contributed by atoms with Crippen molar-refractivity contribution in [2.45, 2.75) is 59.3 Å². The molecule has 0 atom stereocenters. The third-order valence-corrected chi connectivity index (χ3v) is 3.47. The van der Waals surface area contributed by atoms with Crippen molar-refractivity contribution in [2.75, 3.05) is 26.2 Å². The van der Waals surface area contributed by atoms with Gasteiger partial charge in [-0.25, -0.2) is 0 Å². The lowest BCUT2D eigenvalue weighted by atomic mass is 10.1. The minimum Gasteiger partial charge on any atom is -1.00 e. The monoisotopic (exact) mass is 261 g/mol. The van der Waals surface area contributed by atoms with E-state index in [0.29, 0.717) is 0 Å². The number of unbranched alkanes of at least 4 members (excludes halogenated alkanes) is 3. The van der Waals surface area contributed by atoms with Crippen molar-refractivity contribution in [3.05, 3.63) is 12.7 Å². The molecule has 104 valence electrons. The number of hydrogen-bond acceptors (Lipinski definition) is 0. The Kier molecular flexibility index (Phi) is 14.2. The fourth-order valence-electron chi connectivity index (χ4n) is 2.36. The van der Waals surface area contributed by atoms with E-state index < -0.39 is 0 Å². The highest BCUT2D eigenvalue weighted by Gasteiger charge is 2.23. The Morgan fingerprint density at radius 1 is 0.824 bits per heavy atom. The van der Waals surface area contributed by atoms with Gasteiger partial charge in [-0.3, -0.25) is 0 Å². The van der Waals surface area contributed by atoms with Crippen LogP contribution in [0, 0.1) is 0 Å². The van der Waals surface area contributed by atoms with Gasteiger partial charge in [0.25, 0.3) is 0 Å². The summed E-state index contributed by atoms with van der Waals surface area (Å²) in [6.07, 6.45) is 10.2. The van der Waals surface area contributed by atoms with E-state index in [-0.39, 0.29) is 12.4 Å². The molecular formula is C15H32ClN. The summed E-state index contributed by atoms with van der Waals surface area (Å²) >= 11 is 0. The third-order valence-electron chi connectivity index (χ3n) is 3.47. The highest BCUT2D eigenvalue weighted by Crippen LogP contribution is 2.14. The van der Waals surface area contributed by atoms with Gasteiger partial charge in [-0.2, -0.15) is 0 Å². The lowest BCUT2D eigenvalue weighted by Gasteiger charge is -2.38. The van der Waals surface area contributed by atoms with Crippen LogP contribution < -0.4 is 12.4 Å². The summed E-state index contributed by atoms with van der Waals surface area (Å²) in [6, 6.07) is 0. The predicted octanol–water partition coefficient (Wildman–Crippen LogP) is 1.39. The highest BCUT2D eigenvalue weighted by atomic mass is 35.5. The molecule has 0 aromatic carbocycles. The molecule has 17 heavy (non-hydrogen) atoms. The average molecular weight is 262 g/mol. The molecule has 0 rings (SSSR count). The first kappa shape index (κ1) is 19.3. The van der Waals surface area contributed by atoms with Gasteiger partial charge in [-0.1, -0.05) is 46.6 Å². The number of hydrogen-bond donors (Lipinski definition) is 0. The van der Waals surface area contributed by atoms with E-state index in [1.165, 1.54) is 69.2 Å². The SMILES string of the molecule is C=CC[N+](CCCC)(CCCC)CCCC.[Cl-]. The Bertz CT molecular complexity index is 147. The number of rotatable bonds is 11. The molecular weight excluding hydrogens is 230 g/mol. The zero-order valence-electron chi connectivity index (χ0n) is 12.2. The lowest BCUT2D eigenvalue weighted by molar-refractivity contribution is -0.923. The Labute approximate surface area is 115 Å². The standard InChI is InChI=1S/C15H32N.ClH/c1-5-9-13-16(12-8-4,14-10-6-2)15-11-7-3;/h8H,4-7,9-15H2,1-3H3;1H/q+1;/p-1. The second kappa shape index (κ2) is 12.4. The topological polar surface area (TPSA) is 0 Å². The summed E-state index contributed by atoms with van der Waals surface area (Å²) < 4.78 is 1.29. The van der Waals surface area contributed by atoms with Gasteiger partial charge in [0.2, 0.25) is 0 Å². The summed E-state index contributed by atoms with van der Waals surface area (Å²) in [6.45, 7) is 16.1. The fourth-order valence-corrected chi connectivity index (χ4v) is 2.36. The minimum atomic E-state index is 0. The van der Waals surface area contributed by atoms with Crippen molar-refractivity contribution >= 4 is 0 Å². The second-order valence-electron chi connectivity index (χ2n) is 5.04. The molecule has 0 aromatic rings. The Morgan fingerprint density at radius 2 is 1.18 bits per heavy atom. The lowest BCUT2D eigenvalue weighted by Crippen LogP contribution is -3.00. The first-order valence-corrected chi connectivity index (χ1v) is 7.20. The molecule has 0 amide bonds. The maximum Gasteiger partial charge on any atom is 0.0971 e. The molecule has 0 radical (unpaired) electrons. The molecule has 0 aliphatic rings. The number of halogens is 1. The molecule has 0 fully saturated rings. The normalized spacial score (nSPS) is 11.0. The molecule has 0 heterocycles. The smallest absolute Gasteiger partial charge is 0.0971 e. The molecule has 0 aliphatic carbocycles. The van der Waals surface area contributed by atoms with Crippen LogP contribution in [-0.2, 0) is 0 Å². The van der Waals surface area contributed by atoms with Gasteiger partial charge in [0.05, 0.1) is 26.2 Å². The first-order chi connectivity index (χ1) is 7.74. The highest BCUT2D eigenvalue weighted by molar-refractivity contribution is 4.66. The zero-order valence-corrected chi connectivity index (χ0v) is 12.9. The van der Waals surface area contributed by atoms with E-state index >= 15 is 0 Å². The van der Waals surface area contributed by atoms with Crippen molar-refractivity contribution in [1.29, 1.82) is 0 Å². The largest absolute Gasteiger partial charge is 1.00 e. The zero-order chi connectivity index (χ0) is 12.3. The van der Waals surface area contributed by atoms with Gasteiger partial charge < -0.3 is 16.9 Å². The van der Waals surface area contributed by atoms with Crippen LogP contribution in [0.4, 0.5) is 0 Å². The van der Waals surface area contributed by atoms with Crippen molar-refractivity contribution in [1.82, 2.24) is 0 Å². The van der Waals surface area contributed by atoms with E-state index in [2.05, 4.69) is 33.4 Å². The Hall–Kier alpha value is -0.0100. The van der Waals surface area contributed by atoms with Crippen molar-refractivity contribution in [2.24, 2.45) is 0 Å². The van der Waals surface area contributed by atoms with Gasteiger partial charge in [0, 0.05) is 0 Å². The second-order valence-corrected chi connectivity index (χ2v) is 5.04. The van der Waals surface area contributed by atoms with Gasteiger partial charge in [0.15, 0.2) is 0 Å². The van der Waals surface area contributed by atoms with Gasteiger partial charge in [-0.05, 0) is 25.3 Å². The van der Waals surface area contributed by atoms with Gasteiger partial charge in [0.1, 0.15) is 0 Å². The minimum absolute atomic E-state index is 0. The summed E-state index contributed by atoms with van der Waals surface area (Å²) in [5.74, 6) is 0. The van der Waals surface area contributed by atoms with E-state index in [1.54, 1.807) is 0 Å². The predicted molar refractivity (Wildman–Crippen MR) is 74.6 cm³/mol. The molecule has 0 saturated heterocycles. The molecule has 2 heteroatoms. The van der Waals surface area contributed by atoms with Crippen LogP contribution in [0.5, 0.6) is 0 Å². The van der Waals surface area contributed by atoms with Crippen LogP contribution in [0.3, 0.4) is 0 Å². The number of nitrogens with zero attached hydrogens (tertiary/aromatic N) is 1. The van der Waals surface area contributed by atoms with Crippen molar-refractivity contribution in [3.63, 3.8) is 0 Å².